The summed E-state index contributed by atoms with van der Waals surface area (Å²) in [5.41, 5.74) is 2.26. The summed E-state index contributed by atoms with van der Waals surface area (Å²) in [6.45, 7) is 4.08. The highest BCUT2D eigenvalue weighted by Gasteiger charge is 2.16. The number of rotatable bonds is 2. The highest BCUT2D eigenvalue weighted by Crippen LogP contribution is 2.36. The van der Waals surface area contributed by atoms with Crippen molar-refractivity contribution in [3.8, 4) is 0 Å². The fraction of sp³-hybridized carbons (Fsp3) is 0.308. The Morgan fingerprint density at radius 3 is 2.50 bits per heavy atom. The number of hydrogen-bond acceptors (Lipinski definition) is 2. The molecule has 0 radical (unpaired) electrons. The molecule has 2 aromatic rings. The topological polar surface area (TPSA) is 24.9 Å². The summed E-state index contributed by atoms with van der Waals surface area (Å²) >= 11 is 11.8. The van der Waals surface area contributed by atoms with Crippen LogP contribution in [0, 0.1) is 5.82 Å². The van der Waals surface area contributed by atoms with Crippen molar-refractivity contribution in [1.29, 1.82) is 0 Å². The van der Waals surface area contributed by atoms with E-state index < -0.39 is 5.82 Å². The van der Waals surface area contributed by atoms with Gasteiger partial charge in [-0.1, -0.05) is 37.0 Å². The average molecular weight is 287 g/mol. The molecule has 0 spiro atoms. The molecule has 1 heterocycles. The smallest absolute Gasteiger partial charge is 0.161 e. The molecule has 0 saturated carbocycles. The maximum Gasteiger partial charge on any atom is 0.161 e. The highest BCUT2D eigenvalue weighted by atomic mass is 35.5. The maximum absolute atomic E-state index is 13.7. The largest absolute Gasteiger partial charge is 0.387 e. The Balaban J connectivity index is 2.88. The van der Waals surface area contributed by atoms with E-state index >= 15 is 0 Å². The summed E-state index contributed by atoms with van der Waals surface area (Å²) in [7, 11) is 1.77. The Morgan fingerprint density at radius 1 is 1.28 bits per heavy atom. The van der Waals surface area contributed by atoms with Crippen LogP contribution in [0.1, 0.15) is 25.5 Å². The maximum atomic E-state index is 13.7. The Kier molecular flexibility index (Phi) is 3.64. The van der Waals surface area contributed by atoms with Crippen molar-refractivity contribution >= 4 is 39.8 Å². The van der Waals surface area contributed by atoms with Crippen LogP contribution in [-0.2, 0) is 0 Å². The van der Waals surface area contributed by atoms with Crippen LogP contribution < -0.4 is 5.32 Å². The zero-order valence-electron chi connectivity index (χ0n) is 10.3. The second-order valence-corrected chi connectivity index (χ2v) is 5.17. The highest BCUT2D eigenvalue weighted by molar-refractivity contribution is 6.39. The zero-order chi connectivity index (χ0) is 13.4. The van der Waals surface area contributed by atoms with Gasteiger partial charge in [0.25, 0.3) is 0 Å². The van der Waals surface area contributed by atoms with Crippen LogP contribution in [0.3, 0.4) is 0 Å². The molecule has 0 bridgehead atoms. The van der Waals surface area contributed by atoms with Crippen molar-refractivity contribution in [2.45, 2.75) is 19.8 Å². The predicted octanol–water partition coefficient (Wildman–Crippen LogP) is 4.85. The number of pyridine rings is 1. The lowest BCUT2D eigenvalue weighted by Crippen LogP contribution is -1.99. The SMILES string of the molecule is CNc1cc(C(C)C)nc2cc(Cl)c(F)c(Cl)c12. The van der Waals surface area contributed by atoms with Crippen molar-refractivity contribution in [3.63, 3.8) is 0 Å². The Bertz CT molecular complexity index is 612. The average Bonchev–Trinajstić information content (AvgIpc) is 2.34. The van der Waals surface area contributed by atoms with Gasteiger partial charge in [-0.25, -0.2) is 4.39 Å². The van der Waals surface area contributed by atoms with Crippen LogP contribution in [0.2, 0.25) is 10.0 Å². The third kappa shape index (κ3) is 2.13. The number of fused-ring (bicyclic) bond motifs is 1. The minimum atomic E-state index is -0.610. The summed E-state index contributed by atoms with van der Waals surface area (Å²) in [4.78, 5) is 4.47. The summed E-state index contributed by atoms with van der Waals surface area (Å²) in [6, 6.07) is 3.39. The van der Waals surface area contributed by atoms with Crippen LogP contribution in [0.5, 0.6) is 0 Å². The summed E-state index contributed by atoms with van der Waals surface area (Å²) in [6.07, 6.45) is 0. The molecule has 0 fully saturated rings. The van der Waals surface area contributed by atoms with Crippen LogP contribution in [-0.4, -0.2) is 12.0 Å². The second-order valence-electron chi connectivity index (χ2n) is 4.38. The lowest BCUT2D eigenvalue weighted by Gasteiger charge is -2.13. The molecule has 1 aromatic heterocycles. The van der Waals surface area contributed by atoms with Crippen molar-refractivity contribution in [2.75, 3.05) is 12.4 Å². The molecule has 1 N–H and O–H groups in total. The van der Waals surface area contributed by atoms with Crippen LogP contribution >= 0.6 is 23.2 Å². The molecule has 2 nitrogen and oxygen atoms in total. The molecule has 18 heavy (non-hydrogen) atoms. The Labute approximate surface area is 115 Å². The summed E-state index contributed by atoms with van der Waals surface area (Å²) in [5.74, 6) is -0.342. The molecule has 96 valence electrons. The first kappa shape index (κ1) is 13.4. The Morgan fingerprint density at radius 2 is 1.94 bits per heavy atom. The monoisotopic (exact) mass is 286 g/mol. The van der Waals surface area contributed by atoms with Crippen molar-refractivity contribution < 1.29 is 4.39 Å². The number of anilines is 1. The lowest BCUT2D eigenvalue weighted by molar-refractivity contribution is 0.630. The van der Waals surface area contributed by atoms with E-state index in [1.807, 2.05) is 19.9 Å². The quantitative estimate of drug-likeness (QED) is 0.799. The molecular weight excluding hydrogens is 274 g/mol. The molecule has 0 saturated heterocycles. The van der Waals surface area contributed by atoms with E-state index in [4.69, 9.17) is 23.2 Å². The van der Waals surface area contributed by atoms with Gasteiger partial charge in [-0.3, -0.25) is 4.98 Å². The number of nitrogens with zero attached hydrogens (tertiary/aromatic N) is 1. The molecule has 0 aliphatic rings. The number of aromatic nitrogens is 1. The minimum Gasteiger partial charge on any atom is -0.387 e. The van der Waals surface area contributed by atoms with E-state index in [0.29, 0.717) is 10.9 Å². The van der Waals surface area contributed by atoms with Crippen molar-refractivity contribution in [2.24, 2.45) is 0 Å². The number of hydrogen-bond donors (Lipinski definition) is 1. The fourth-order valence-corrected chi connectivity index (χ4v) is 2.36. The van der Waals surface area contributed by atoms with E-state index in [1.165, 1.54) is 6.07 Å². The van der Waals surface area contributed by atoms with E-state index in [1.54, 1.807) is 7.05 Å². The van der Waals surface area contributed by atoms with Gasteiger partial charge in [0, 0.05) is 23.8 Å². The van der Waals surface area contributed by atoms with Gasteiger partial charge in [-0.2, -0.15) is 0 Å². The summed E-state index contributed by atoms with van der Waals surface area (Å²) < 4.78 is 13.7. The first-order valence-corrected chi connectivity index (χ1v) is 6.37. The predicted molar refractivity (Wildman–Crippen MR) is 75.4 cm³/mol. The summed E-state index contributed by atoms with van der Waals surface area (Å²) in [5, 5.41) is 3.57. The van der Waals surface area contributed by atoms with Gasteiger partial charge in [0.05, 0.1) is 15.6 Å². The molecule has 0 unspecified atom stereocenters. The number of halogens is 3. The molecule has 0 aliphatic carbocycles. The normalized spacial score (nSPS) is 11.3. The van der Waals surface area contributed by atoms with Crippen LogP contribution in [0.15, 0.2) is 12.1 Å². The fourth-order valence-electron chi connectivity index (χ4n) is 1.81. The van der Waals surface area contributed by atoms with Crippen LogP contribution in [0.25, 0.3) is 10.9 Å². The molecule has 2 rings (SSSR count). The molecule has 0 aliphatic heterocycles. The van der Waals surface area contributed by atoms with Gasteiger partial charge in [0.15, 0.2) is 5.82 Å². The van der Waals surface area contributed by atoms with Gasteiger partial charge < -0.3 is 5.32 Å². The third-order valence-electron chi connectivity index (χ3n) is 2.81. The molecule has 5 heteroatoms. The standard InChI is InChI=1S/C13H13Cl2FN2/c1-6(2)8-5-9(17-3)11-10(18-8)4-7(14)13(16)12(11)15/h4-6H,1-3H3,(H,17,18). The molecule has 1 aromatic carbocycles. The minimum absolute atomic E-state index is 0.00431. The van der Waals surface area contributed by atoms with E-state index in [-0.39, 0.29) is 16.0 Å². The molecular formula is C13H13Cl2FN2. The van der Waals surface area contributed by atoms with Crippen LogP contribution in [0.4, 0.5) is 10.1 Å². The van der Waals surface area contributed by atoms with Crippen molar-refractivity contribution in [1.82, 2.24) is 4.98 Å². The third-order valence-corrected chi connectivity index (χ3v) is 3.44. The van der Waals surface area contributed by atoms with Gasteiger partial charge in [0.2, 0.25) is 0 Å². The van der Waals surface area contributed by atoms with E-state index in [9.17, 15) is 4.39 Å². The zero-order valence-corrected chi connectivity index (χ0v) is 11.8. The van der Waals surface area contributed by atoms with Gasteiger partial charge in [-0.15, -0.1) is 0 Å². The number of benzene rings is 1. The molecule has 0 atom stereocenters. The van der Waals surface area contributed by atoms with Crippen molar-refractivity contribution in [3.05, 3.63) is 33.7 Å². The van der Waals surface area contributed by atoms with Gasteiger partial charge in [-0.05, 0) is 18.1 Å². The number of nitrogens with one attached hydrogen (secondary N) is 1. The van der Waals surface area contributed by atoms with E-state index in [2.05, 4.69) is 10.3 Å². The first-order chi connectivity index (χ1) is 8.45. The first-order valence-electron chi connectivity index (χ1n) is 5.61. The van der Waals surface area contributed by atoms with Gasteiger partial charge >= 0.3 is 0 Å². The van der Waals surface area contributed by atoms with E-state index in [0.717, 1.165) is 11.4 Å². The van der Waals surface area contributed by atoms with Gasteiger partial charge in [0.1, 0.15) is 0 Å². The molecule has 0 amide bonds. The lowest BCUT2D eigenvalue weighted by atomic mass is 10.1. The Hall–Kier alpha value is -1.06. The second kappa shape index (κ2) is 4.90.